The molecule has 1 aromatic carbocycles. The van der Waals surface area contributed by atoms with Gasteiger partial charge in [-0.1, -0.05) is 31.5 Å². The fourth-order valence-corrected chi connectivity index (χ4v) is 2.77. The van der Waals surface area contributed by atoms with Crippen LogP contribution < -0.4 is 5.32 Å². The minimum absolute atomic E-state index is 0.155. The second-order valence-corrected chi connectivity index (χ2v) is 6.43. The highest BCUT2D eigenvalue weighted by Crippen LogP contribution is 2.22. The van der Waals surface area contributed by atoms with Gasteiger partial charge in [0.15, 0.2) is 0 Å². The van der Waals surface area contributed by atoms with E-state index in [0.29, 0.717) is 5.75 Å². The molecule has 0 aromatic heterocycles. The first-order valence-corrected chi connectivity index (χ1v) is 9.08. The van der Waals surface area contributed by atoms with Gasteiger partial charge in [0.25, 0.3) is 0 Å². The molecular weight excluding hydrogens is 352 g/mol. The van der Waals surface area contributed by atoms with E-state index in [0.717, 1.165) is 57.4 Å². The smallest absolute Gasteiger partial charge is 0.414 e. The van der Waals surface area contributed by atoms with Crippen LogP contribution in [0.4, 0.5) is 0 Å². The van der Waals surface area contributed by atoms with E-state index < -0.39 is 11.9 Å². The summed E-state index contributed by atoms with van der Waals surface area (Å²) in [6.07, 6.45) is 3.98. The predicted octanol–water partition coefficient (Wildman–Crippen LogP) is 1.68. The normalized spacial score (nSPS) is 14.7. The van der Waals surface area contributed by atoms with Crippen LogP contribution in [-0.4, -0.2) is 57.7 Å². The fraction of sp³-hybridized carbons (Fsp3) is 0.526. The average molecular weight is 380 g/mol. The third kappa shape index (κ3) is 8.54. The van der Waals surface area contributed by atoms with Gasteiger partial charge in [-0.05, 0) is 38.4 Å². The number of hydrogen-bond acceptors (Lipinski definition) is 5. The molecule has 8 heteroatoms. The Labute approximate surface area is 158 Å². The van der Waals surface area contributed by atoms with E-state index in [9.17, 15) is 9.90 Å². The lowest BCUT2D eigenvalue weighted by Crippen LogP contribution is -2.40. The number of likely N-dealkylation sites (tertiary alicyclic amines) is 1. The minimum atomic E-state index is -1.82. The molecule has 1 aliphatic rings. The minimum Gasteiger partial charge on any atom is -0.508 e. The van der Waals surface area contributed by atoms with Gasteiger partial charge < -0.3 is 20.6 Å². The van der Waals surface area contributed by atoms with E-state index in [1.54, 1.807) is 6.07 Å². The van der Waals surface area contributed by atoms with Crippen LogP contribution in [0.25, 0.3) is 0 Å². The number of nitrogens with one attached hydrogen (secondary N) is 1. The molecular formula is C19H28N2O6. The number of aromatic hydroxyl groups is 1. The number of carboxylic acids is 2. The maximum Gasteiger partial charge on any atom is 0.414 e. The van der Waals surface area contributed by atoms with Crippen molar-refractivity contribution in [2.24, 2.45) is 5.92 Å². The van der Waals surface area contributed by atoms with E-state index in [1.807, 2.05) is 18.2 Å². The molecule has 2 rings (SSSR count). The summed E-state index contributed by atoms with van der Waals surface area (Å²) in [4.78, 5) is 32.5. The summed E-state index contributed by atoms with van der Waals surface area (Å²) in [5.41, 5.74) is 0.961. The Morgan fingerprint density at radius 1 is 1.11 bits per heavy atom. The Balaban J connectivity index is 0.000000527. The Kier molecular flexibility index (Phi) is 9.89. The van der Waals surface area contributed by atoms with E-state index in [4.69, 9.17) is 19.8 Å². The van der Waals surface area contributed by atoms with Gasteiger partial charge in [-0.2, -0.15) is 0 Å². The topological polar surface area (TPSA) is 127 Å². The third-order valence-electron chi connectivity index (χ3n) is 4.36. The summed E-state index contributed by atoms with van der Waals surface area (Å²) >= 11 is 0. The molecule has 1 saturated heterocycles. The van der Waals surface area contributed by atoms with E-state index in [1.165, 1.54) is 0 Å². The molecule has 0 aliphatic carbocycles. The number of amides is 1. The molecule has 1 fully saturated rings. The van der Waals surface area contributed by atoms with Crippen LogP contribution in [-0.2, 0) is 20.9 Å². The van der Waals surface area contributed by atoms with Crippen LogP contribution >= 0.6 is 0 Å². The van der Waals surface area contributed by atoms with Gasteiger partial charge in [0.05, 0.1) is 0 Å². The van der Waals surface area contributed by atoms with Crippen molar-refractivity contribution >= 4 is 17.8 Å². The van der Waals surface area contributed by atoms with Gasteiger partial charge in [0.1, 0.15) is 5.75 Å². The number of benzene rings is 1. The fourth-order valence-electron chi connectivity index (χ4n) is 2.77. The first-order chi connectivity index (χ1) is 12.8. The third-order valence-corrected chi connectivity index (χ3v) is 4.36. The monoisotopic (exact) mass is 380 g/mol. The summed E-state index contributed by atoms with van der Waals surface area (Å²) in [5.74, 6) is -2.92. The summed E-state index contributed by atoms with van der Waals surface area (Å²) in [5, 5.41) is 27.6. The van der Waals surface area contributed by atoms with Gasteiger partial charge in [-0.15, -0.1) is 0 Å². The molecule has 4 N–H and O–H groups in total. The summed E-state index contributed by atoms with van der Waals surface area (Å²) < 4.78 is 0. The quantitative estimate of drug-likeness (QED) is 0.437. The van der Waals surface area contributed by atoms with E-state index in [-0.39, 0.29) is 11.8 Å². The van der Waals surface area contributed by atoms with Gasteiger partial charge >= 0.3 is 11.9 Å². The number of hydrogen-bond donors (Lipinski definition) is 4. The second kappa shape index (κ2) is 11.9. The van der Waals surface area contributed by atoms with Gasteiger partial charge in [-0.25, -0.2) is 9.59 Å². The number of carbonyl (C=O) groups excluding carboxylic acids is 1. The highest BCUT2D eigenvalue weighted by Gasteiger charge is 2.24. The Bertz CT molecular complexity index is 614. The van der Waals surface area contributed by atoms with Gasteiger partial charge in [-0.3, -0.25) is 9.69 Å². The molecule has 1 aromatic rings. The van der Waals surface area contributed by atoms with Crippen molar-refractivity contribution in [1.82, 2.24) is 10.2 Å². The van der Waals surface area contributed by atoms with Crippen LogP contribution in [0.2, 0.25) is 0 Å². The second-order valence-electron chi connectivity index (χ2n) is 6.43. The van der Waals surface area contributed by atoms with E-state index in [2.05, 4.69) is 17.1 Å². The highest BCUT2D eigenvalue weighted by atomic mass is 16.4. The molecule has 0 radical (unpaired) electrons. The summed E-state index contributed by atoms with van der Waals surface area (Å²) in [6.45, 7) is 5.52. The van der Waals surface area contributed by atoms with Gasteiger partial charge in [0, 0.05) is 24.6 Å². The molecule has 0 atom stereocenters. The molecule has 0 bridgehead atoms. The molecule has 150 valence electrons. The first-order valence-electron chi connectivity index (χ1n) is 9.08. The van der Waals surface area contributed by atoms with Crippen molar-refractivity contribution in [2.75, 3.05) is 19.6 Å². The number of carbonyl (C=O) groups is 3. The standard InChI is InChI=1S/C17H26N2O2.C2H2O4/c1-2-3-10-18-17(21)14-8-11-19(12-9-14)13-15-6-4-5-7-16(15)20;3-1(4)2(5)6/h4-7,14,20H,2-3,8-13H2,1H3,(H,18,21);(H,3,4)(H,5,6). The lowest BCUT2D eigenvalue weighted by molar-refractivity contribution is -0.159. The maximum absolute atomic E-state index is 12.0. The molecule has 0 unspecified atom stereocenters. The molecule has 1 aliphatic heterocycles. The van der Waals surface area contributed by atoms with Crippen LogP contribution in [0.15, 0.2) is 24.3 Å². The van der Waals surface area contributed by atoms with Crippen LogP contribution in [0.3, 0.4) is 0 Å². The van der Waals surface area contributed by atoms with Crippen molar-refractivity contribution in [3.05, 3.63) is 29.8 Å². The number of nitrogens with zero attached hydrogens (tertiary/aromatic N) is 1. The number of phenols is 1. The van der Waals surface area contributed by atoms with Crippen molar-refractivity contribution < 1.29 is 29.7 Å². The SMILES string of the molecule is CCCCNC(=O)C1CCN(Cc2ccccc2O)CC1.O=C(O)C(=O)O. The van der Waals surface area contributed by atoms with Crippen molar-refractivity contribution in [2.45, 2.75) is 39.2 Å². The molecule has 1 amide bonds. The Morgan fingerprint density at radius 3 is 2.22 bits per heavy atom. The highest BCUT2D eigenvalue weighted by molar-refractivity contribution is 6.27. The lowest BCUT2D eigenvalue weighted by Gasteiger charge is -2.31. The summed E-state index contributed by atoms with van der Waals surface area (Å²) in [7, 11) is 0. The van der Waals surface area contributed by atoms with Crippen molar-refractivity contribution in [1.29, 1.82) is 0 Å². The molecule has 0 saturated carbocycles. The average Bonchev–Trinajstić information content (AvgIpc) is 2.65. The number of piperidine rings is 1. The molecule has 8 nitrogen and oxygen atoms in total. The number of phenolic OH excluding ortho intramolecular Hbond substituents is 1. The zero-order valence-corrected chi connectivity index (χ0v) is 15.6. The number of para-hydroxylation sites is 1. The number of carboxylic acid groups (broad SMARTS) is 2. The van der Waals surface area contributed by atoms with Gasteiger partial charge in [0.2, 0.25) is 5.91 Å². The Hall–Kier alpha value is -2.61. The van der Waals surface area contributed by atoms with Crippen molar-refractivity contribution in [3.63, 3.8) is 0 Å². The van der Waals surface area contributed by atoms with Crippen molar-refractivity contribution in [3.8, 4) is 5.75 Å². The molecule has 27 heavy (non-hydrogen) atoms. The predicted molar refractivity (Wildman–Crippen MR) is 99.3 cm³/mol. The lowest BCUT2D eigenvalue weighted by atomic mass is 9.95. The molecule has 0 spiro atoms. The van der Waals surface area contributed by atoms with Crippen LogP contribution in [0.1, 0.15) is 38.2 Å². The zero-order valence-electron chi connectivity index (χ0n) is 15.6. The number of aliphatic carboxylic acids is 2. The zero-order chi connectivity index (χ0) is 20.2. The number of rotatable bonds is 6. The first kappa shape index (κ1) is 22.4. The largest absolute Gasteiger partial charge is 0.508 e. The Morgan fingerprint density at radius 2 is 1.70 bits per heavy atom. The van der Waals surface area contributed by atoms with Crippen LogP contribution in [0.5, 0.6) is 5.75 Å². The number of unbranched alkanes of at least 4 members (excludes halogenated alkanes) is 1. The van der Waals surface area contributed by atoms with E-state index >= 15 is 0 Å². The van der Waals surface area contributed by atoms with Crippen LogP contribution in [0, 0.1) is 5.92 Å². The summed E-state index contributed by atoms with van der Waals surface area (Å²) in [6, 6.07) is 7.47. The maximum atomic E-state index is 12.0. The molecule has 1 heterocycles.